The van der Waals surface area contributed by atoms with Crippen LogP contribution in [0.4, 0.5) is 4.39 Å². The van der Waals surface area contributed by atoms with Crippen molar-refractivity contribution < 1.29 is 18.7 Å². The standard InChI is InChI=1S/C16H19FN4O3/c1-5-16(3,15(23)24-4)19-14(22)13-18-10(2)21(20-13)12-8-6-11(17)7-9-12/h6-9H,5H2,1-4H3,(H,19,22)/t16-/m0/s1. The van der Waals surface area contributed by atoms with Gasteiger partial charge >= 0.3 is 5.97 Å². The van der Waals surface area contributed by atoms with E-state index in [1.165, 1.54) is 36.1 Å². The molecular weight excluding hydrogens is 315 g/mol. The van der Waals surface area contributed by atoms with Gasteiger partial charge in [-0.15, -0.1) is 5.10 Å². The summed E-state index contributed by atoms with van der Waals surface area (Å²) in [6, 6.07) is 5.65. The van der Waals surface area contributed by atoms with Gasteiger partial charge in [0.15, 0.2) is 0 Å². The zero-order chi connectivity index (χ0) is 17.9. The molecule has 2 rings (SSSR count). The second-order valence-corrected chi connectivity index (χ2v) is 5.50. The number of carbonyl (C=O) groups excluding carboxylic acids is 2. The number of aromatic nitrogens is 3. The number of carbonyl (C=O) groups is 2. The molecule has 1 aromatic heterocycles. The second-order valence-electron chi connectivity index (χ2n) is 5.50. The summed E-state index contributed by atoms with van der Waals surface area (Å²) in [7, 11) is 1.26. The summed E-state index contributed by atoms with van der Waals surface area (Å²) in [6.45, 7) is 5.00. The van der Waals surface area contributed by atoms with Crippen molar-refractivity contribution in [2.45, 2.75) is 32.7 Å². The van der Waals surface area contributed by atoms with E-state index < -0.39 is 17.4 Å². The van der Waals surface area contributed by atoms with E-state index in [1.54, 1.807) is 20.8 Å². The van der Waals surface area contributed by atoms with Crippen molar-refractivity contribution in [3.05, 3.63) is 41.7 Å². The van der Waals surface area contributed by atoms with Crippen LogP contribution in [0.1, 0.15) is 36.7 Å². The summed E-state index contributed by atoms with van der Waals surface area (Å²) < 4.78 is 19.2. The van der Waals surface area contributed by atoms with Crippen LogP contribution in [0.2, 0.25) is 0 Å². The molecule has 8 heteroatoms. The molecule has 1 aromatic carbocycles. The van der Waals surface area contributed by atoms with Crippen molar-refractivity contribution in [1.82, 2.24) is 20.1 Å². The van der Waals surface area contributed by atoms with E-state index in [0.29, 0.717) is 17.9 Å². The van der Waals surface area contributed by atoms with Gasteiger partial charge in [-0.2, -0.15) is 0 Å². The number of hydrogen-bond acceptors (Lipinski definition) is 5. The molecular formula is C16H19FN4O3. The van der Waals surface area contributed by atoms with Crippen LogP contribution in [0, 0.1) is 12.7 Å². The highest BCUT2D eigenvalue weighted by Gasteiger charge is 2.35. The quantitative estimate of drug-likeness (QED) is 0.843. The zero-order valence-electron chi connectivity index (χ0n) is 14.0. The van der Waals surface area contributed by atoms with E-state index in [4.69, 9.17) is 4.74 Å². The summed E-state index contributed by atoms with van der Waals surface area (Å²) in [5.74, 6) is -1.13. The molecule has 1 N–H and O–H groups in total. The molecule has 1 amide bonds. The largest absolute Gasteiger partial charge is 0.467 e. The highest BCUT2D eigenvalue weighted by atomic mass is 19.1. The average molecular weight is 334 g/mol. The maximum absolute atomic E-state index is 13.0. The summed E-state index contributed by atoms with van der Waals surface area (Å²) in [4.78, 5) is 28.3. The van der Waals surface area contributed by atoms with Crippen LogP contribution in [0.5, 0.6) is 0 Å². The Balaban J connectivity index is 2.27. The Morgan fingerprint density at radius 3 is 2.50 bits per heavy atom. The normalized spacial score (nSPS) is 13.2. The minimum Gasteiger partial charge on any atom is -0.467 e. The fourth-order valence-electron chi connectivity index (χ4n) is 2.13. The topological polar surface area (TPSA) is 86.1 Å². The minimum absolute atomic E-state index is 0.0830. The predicted octanol–water partition coefficient (Wildman–Crippen LogP) is 1.79. The molecule has 0 fully saturated rings. The van der Waals surface area contributed by atoms with Gasteiger partial charge in [0, 0.05) is 0 Å². The van der Waals surface area contributed by atoms with Crippen LogP contribution in [0.15, 0.2) is 24.3 Å². The smallest absolute Gasteiger partial charge is 0.331 e. The van der Waals surface area contributed by atoms with Crippen molar-refractivity contribution in [3.63, 3.8) is 0 Å². The van der Waals surface area contributed by atoms with Crippen molar-refractivity contribution in [1.29, 1.82) is 0 Å². The molecule has 0 saturated carbocycles. The lowest BCUT2D eigenvalue weighted by molar-refractivity contribution is -0.147. The lowest BCUT2D eigenvalue weighted by Crippen LogP contribution is -2.52. The maximum Gasteiger partial charge on any atom is 0.331 e. The Labute approximate surface area is 138 Å². The molecule has 0 aliphatic carbocycles. The van der Waals surface area contributed by atoms with E-state index >= 15 is 0 Å². The predicted molar refractivity (Wildman–Crippen MR) is 84.2 cm³/mol. The first-order valence-corrected chi connectivity index (χ1v) is 7.41. The van der Waals surface area contributed by atoms with Crippen LogP contribution >= 0.6 is 0 Å². The van der Waals surface area contributed by atoms with Gasteiger partial charge in [0.25, 0.3) is 5.91 Å². The average Bonchev–Trinajstić information content (AvgIpc) is 2.96. The monoisotopic (exact) mass is 334 g/mol. The second kappa shape index (κ2) is 6.77. The third-order valence-electron chi connectivity index (χ3n) is 3.78. The van der Waals surface area contributed by atoms with Gasteiger partial charge in [0.05, 0.1) is 12.8 Å². The molecule has 24 heavy (non-hydrogen) atoms. The first-order valence-electron chi connectivity index (χ1n) is 7.41. The van der Waals surface area contributed by atoms with Crippen LogP contribution in [-0.4, -0.2) is 39.3 Å². The number of methoxy groups -OCH3 is 1. The van der Waals surface area contributed by atoms with Gasteiger partial charge < -0.3 is 10.1 Å². The Morgan fingerprint density at radius 2 is 1.96 bits per heavy atom. The van der Waals surface area contributed by atoms with Gasteiger partial charge in [-0.25, -0.2) is 18.9 Å². The fourth-order valence-corrected chi connectivity index (χ4v) is 2.13. The molecule has 0 bridgehead atoms. The molecule has 0 spiro atoms. The number of esters is 1. The number of ether oxygens (including phenoxy) is 1. The van der Waals surface area contributed by atoms with Crippen LogP contribution in [0.25, 0.3) is 5.69 Å². The van der Waals surface area contributed by atoms with Crippen molar-refractivity contribution in [3.8, 4) is 5.69 Å². The molecule has 0 saturated heterocycles. The third kappa shape index (κ3) is 3.42. The SMILES string of the molecule is CC[C@](C)(NC(=O)c1nc(C)n(-c2ccc(F)cc2)n1)C(=O)OC. The lowest BCUT2D eigenvalue weighted by atomic mass is 9.99. The Hall–Kier alpha value is -2.77. The van der Waals surface area contributed by atoms with Gasteiger partial charge in [0.2, 0.25) is 5.82 Å². The molecule has 128 valence electrons. The van der Waals surface area contributed by atoms with Crippen molar-refractivity contribution in [2.24, 2.45) is 0 Å². The van der Waals surface area contributed by atoms with Gasteiger partial charge in [0.1, 0.15) is 17.2 Å². The Bertz CT molecular complexity index is 757. The fraction of sp³-hybridized carbons (Fsp3) is 0.375. The zero-order valence-corrected chi connectivity index (χ0v) is 14.0. The highest BCUT2D eigenvalue weighted by molar-refractivity contribution is 5.95. The van der Waals surface area contributed by atoms with E-state index in [2.05, 4.69) is 15.4 Å². The lowest BCUT2D eigenvalue weighted by Gasteiger charge is -2.25. The highest BCUT2D eigenvalue weighted by Crippen LogP contribution is 2.14. The summed E-state index contributed by atoms with van der Waals surface area (Å²) in [5.41, 5.74) is -0.590. The number of aryl methyl sites for hydroxylation is 1. The van der Waals surface area contributed by atoms with Gasteiger partial charge in [-0.3, -0.25) is 4.79 Å². The number of hydrogen-bond donors (Lipinski definition) is 1. The molecule has 0 aliphatic heterocycles. The van der Waals surface area contributed by atoms with Gasteiger partial charge in [-0.05, 0) is 44.5 Å². The molecule has 0 aliphatic rings. The van der Waals surface area contributed by atoms with Crippen LogP contribution in [0.3, 0.4) is 0 Å². The number of rotatable bonds is 5. The number of amides is 1. The molecule has 7 nitrogen and oxygen atoms in total. The first-order chi connectivity index (χ1) is 11.3. The molecule has 1 heterocycles. The minimum atomic E-state index is -1.17. The van der Waals surface area contributed by atoms with E-state index in [9.17, 15) is 14.0 Å². The van der Waals surface area contributed by atoms with E-state index in [1.807, 2.05) is 0 Å². The maximum atomic E-state index is 13.0. The number of nitrogens with zero attached hydrogens (tertiary/aromatic N) is 3. The van der Waals surface area contributed by atoms with Crippen molar-refractivity contribution in [2.75, 3.05) is 7.11 Å². The number of benzene rings is 1. The number of halogens is 1. The van der Waals surface area contributed by atoms with E-state index in [-0.39, 0.29) is 11.6 Å². The van der Waals surface area contributed by atoms with E-state index in [0.717, 1.165) is 0 Å². The molecule has 0 radical (unpaired) electrons. The first kappa shape index (κ1) is 17.6. The van der Waals surface area contributed by atoms with Gasteiger partial charge in [-0.1, -0.05) is 6.92 Å². The molecule has 0 unspecified atom stereocenters. The summed E-state index contributed by atoms with van der Waals surface area (Å²) >= 11 is 0. The van der Waals surface area contributed by atoms with Crippen LogP contribution in [-0.2, 0) is 9.53 Å². The molecule has 1 atom stereocenters. The molecule has 2 aromatic rings. The summed E-state index contributed by atoms with van der Waals surface area (Å²) in [6.07, 6.45) is 0.350. The van der Waals surface area contributed by atoms with Crippen LogP contribution < -0.4 is 5.32 Å². The third-order valence-corrected chi connectivity index (χ3v) is 3.78. The number of nitrogens with one attached hydrogen (secondary N) is 1. The Kier molecular flexibility index (Phi) is 4.96. The Morgan fingerprint density at radius 1 is 1.33 bits per heavy atom. The summed E-state index contributed by atoms with van der Waals surface area (Å²) in [5, 5.41) is 6.73. The van der Waals surface area contributed by atoms with Crippen molar-refractivity contribution >= 4 is 11.9 Å².